The maximum atomic E-state index is 12.5. The molecule has 0 aliphatic carbocycles. The number of amidine groups is 1. The Morgan fingerprint density at radius 2 is 1.79 bits per heavy atom. The minimum absolute atomic E-state index is 0.232. The molecule has 0 unspecified atom stereocenters. The topological polar surface area (TPSA) is 61.8 Å². The summed E-state index contributed by atoms with van der Waals surface area (Å²) in [4.78, 5) is 6.59. The number of nitrogens with one attached hydrogen (secondary N) is 1. The molecule has 2 aliphatic rings. The van der Waals surface area contributed by atoms with Crippen molar-refractivity contribution in [2.75, 3.05) is 26.2 Å². The van der Waals surface area contributed by atoms with Crippen molar-refractivity contribution in [3.05, 3.63) is 24.3 Å². The third-order valence-electron chi connectivity index (χ3n) is 3.44. The highest BCUT2D eigenvalue weighted by atomic mass is 32.2. The molecule has 0 saturated carbocycles. The van der Waals surface area contributed by atoms with Crippen LogP contribution in [-0.2, 0) is 9.84 Å². The van der Waals surface area contributed by atoms with E-state index in [0.717, 1.165) is 39.0 Å². The van der Waals surface area contributed by atoms with Crippen molar-refractivity contribution < 1.29 is 8.42 Å². The van der Waals surface area contributed by atoms with Crippen molar-refractivity contribution in [2.45, 2.75) is 17.7 Å². The number of sulfone groups is 1. The maximum Gasteiger partial charge on any atom is 0.241 e. The summed E-state index contributed by atoms with van der Waals surface area (Å²) in [6.45, 7) is 3.33. The molecule has 0 amide bonds. The lowest BCUT2D eigenvalue weighted by Gasteiger charge is -2.26. The molecular formula is C13H17N3O2S. The number of hydrogen-bond acceptors (Lipinski definition) is 5. The molecule has 1 saturated heterocycles. The number of para-hydroxylation sites is 1. The molecule has 2 heterocycles. The second-order valence-electron chi connectivity index (χ2n) is 4.81. The fraction of sp³-hybridized carbons (Fsp3) is 0.462. The van der Waals surface area contributed by atoms with Crippen molar-refractivity contribution in [1.82, 2.24) is 10.2 Å². The van der Waals surface area contributed by atoms with Gasteiger partial charge in [0.15, 0.2) is 0 Å². The average molecular weight is 279 g/mol. The van der Waals surface area contributed by atoms with Gasteiger partial charge in [-0.3, -0.25) is 0 Å². The third-order valence-corrected chi connectivity index (χ3v) is 5.20. The maximum absolute atomic E-state index is 12.5. The fourth-order valence-electron chi connectivity index (χ4n) is 2.50. The lowest BCUT2D eigenvalue weighted by Crippen LogP contribution is -2.40. The lowest BCUT2D eigenvalue weighted by molar-refractivity contribution is 0.374. The Hall–Kier alpha value is -1.40. The summed E-state index contributed by atoms with van der Waals surface area (Å²) in [5.41, 5.74) is 0.567. The van der Waals surface area contributed by atoms with Crippen LogP contribution in [0.5, 0.6) is 0 Å². The predicted molar refractivity (Wildman–Crippen MR) is 74.4 cm³/mol. The zero-order valence-corrected chi connectivity index (χ0v) is 11.5. The summed E-state index contributed by atoms with van der Waals surface area (Å²) >= 11 is 0. The van der Waals surface area contributed by atoms with Crippen LogP contribution in [0.3, 0.4) is 0 Å². The summed E-state index contributed by atoms with van der Waals surface area (Å²) in [6, 6.07) is 6.95. The number of nitrogens with zero attached hydrogens (tertiary/aromatic N) is 2. The van der Waals surface area contributed by atoms with E-state index in [2.05, 4.69) is 10.3 Å². The van der Waals surface area contributed by atoms with Gasteiger partial charge in [0.1, 0.15) is 4.90 Å². The van der Waals surface area contributed by atoms with E-state index in [0.29, 0.717) is 10.6 Å². The lowest BCUT2D eigenvalue weighted by atomic mass is 10.3. The highest BCUT2D eigenvalue weighted by Gasteiger charge is 2.35. The third kappa shape index (κ3) is 2.26. The van der Waals surface area contributed by atoms with Crippen LogP contribution in [0, 0.1) is 0 Å². The van der Waals surface area contributed by atoms with E-state index in [1.807, 2.05) is 11.0 Å². The van der Waals surface area contributed by atoms with Gasteiger partial charge in [-0.25, -0.2) is 13.4 Å². The molecular weight excluding hydrogens is 262 g/mol. The number of hydrogen-bond donors (Lipinski definition) is 1. The zero-order chi connectivity index (χ0) is 13.3. The standard InChI is InChI=1S/C13H17N3O2S/c17-19(18)12-6-2-1-5-11(12)15-13(19)16-9-3-7-14-8-4-10-16/h1-2,5-6,14H,3-4,7-10H2. The molecule has 3 rings (SSSR count). The van der Waals surface area contributed by atoms with Gasteiger partial charge in [-0.2, -0.15) is 0 Å². The first kappa shape index (κ1) is 12.6. The Morgan fingerprint density at radius 1 is 1.11 bits per heavy atom. The van der Waals surface area contributed by atoms with Crippen LogP contribution in [0.25, 0.3) is 0 Å². The normalized spacial score (nSPS) is 22.3. The van der Waals surface area contributed by atoms with Crippen LogP contribution in [-0.4, -0.2) is 44.7 Å². The first-order valence-electron chi connectivity index (χ1n) is 6.58. The van der Waals surface area contributed by atoms with Gasteiger partial charge in [-0.05, 0) is 38.1 Å². The number of fused-ring (bicyclic) bond motifs is 1. The molecule has 0 spiro atoms. The second-order valence-corrected chi connectivity index (χ2v) is 6.62. The summed E-state index contributed by atoms with van der Waals surface area (Å²) in [5.74, 6) is 0. The molecule has 0 bridgehead atoms. The minimum Gasteiger partial charge on any atom is -0.347 e. The van der Waals surface area contributed by atoms with Crippen LogP contribution < -0.4 is 5.32 Å². The van der Waals surface area contributed by atoms with Crippen molar-refractivity contribution in [3.63, 3.8) is 0 Å². The van der Waals surface area contributed by atoms with Gasteiger partial charge in [0, 0.05) is 13.1 Å². The van der Waals surface area contributed by atoms with Gasteiger partial charge >= 0.3 is 0 Å². The Labute approximate surface area is 113 Å². The van der Waals surface area contributed by atoms with E-state index < -0.39 is 9.84 Å². The van der Waals surface area contributed by atoms with Gasteiger partial charge in [-0.1, -0.05) is 12.1 Å². The van der Waals surface area contributed by atoms with Crippen molar-refractivity contribution in [1.29, 1.82) is 0 Å². The smallest absolute Gasteiger partial charge is 0.241 e. The minimum atomic E-state index is -3.42. The number of rotatable bonds is 0. The Balaban J connectivity index is 1.94. The Bertz CT molecular complexity index is 602. The number of benzene rings is 1. The molecule has 0 radical (unpaired) electrons. The first-order chi connectivity index (χ1) is 9.19. The van der Waals surface area contributed by atoms with Crippen molar-refractivity contribution in [2.24, 2.45) is 4.99 Å². The molecule has 1 aromatic carbocycles. The molecule has 2 aliphatic heterocycles. The quantitative estimate of drug-likeness (QED) is 0.774. The molecule has 1 aromatic rings. The molecule has 102 valence electrons. The van der Waals surface area contributed by atoms with Gasteiger partial charge in [0.25, 0.3) is 0 Å². The van der Waals surface area contributed by atoms with E-state index in [4.69, 9.17) is 0 Å². The van der Waals surface area contributed by atoms with Crippen molar-refractivity contribution in [3.8, 4) is 0 Å². The molecule has 0 atom stereocenters. The molecule has 1 fully saturated rings. The van der Waals surface area contributed by atoms with E-state index in [1.54, 1.807) is 18.2 Å². The van der Waals surface area contributed by atoms with Gasteiger partial charge < -0.3 is 10.2 Å². The zero-order valence-electron chi connectivity index (χ0n) is 10.7. The van der Waals surface area contributed by atoms with E-state index in [9.17, 15) is 8.42 Å². The van der Waals surface area contributed by atoms with Crippen LogP contribution in [0.15, 0.2) is 34.2 Å². The van der Waals surface area contributed by atoms with Gasteiger partial charge in [-0.15, -0.1) is 0 Å². The molecule has 5 nitrogen and oxygen atoms in total. The predicted octanol–water partition coefficient (Wildman–Crippen LogP) is 1.15. The SMILES string of the molecule is O=S1(=O)C(N2CCCNCCC2)=Nc2ccccc21. The molecule has 6 heteroatoms. The fourth-order valence-corrected chi connectivity index (χ4v) is 4.08. The Morgan fingerprint density at radius 3 is 2.47 bits per heavy atom. The average Bonchev–Trinajstić information content (AvgIpc) is 2.62. The van der Waals surface area contributed by atoms with E-state index >= 15 is 0 Å². The summed E-state index contributed by atoms with van der Waals surface area (Å²) in [7, 11) is -3.42. The van der Waals surface area contributed by atoms with Crippen LogP contribution in [0.2, 0.25) is 0 Å². The van der Waals surface area contributed by atoms with Crippen LogP contribution in [0.1, 0.15) is 12.8 Å². The van der Waals surface area contributed by atoms with E-state index in [-0.39, 0.29) is 5.17 Å². The summed E-state index contributed by atoms with van der Waals surface area (Å²) < 4.78 is 25.0. The van der Waals surface area contributed by atoms with E-state index in [1.165, 1.54) is 0 Å². The highest BCUT2D eigenvalue weighted by molar-refractivity contribution is 8.06. The molecule has 0 aromatic heterocycles. The van der Waals surface area contributed by atoms with Crippen LogP contribution in [0.4, 0.5) is 5.69 Å². The van der Waals surface area contributed by atoms with Gasteiger partial charge in [0.2, 0.25) is 15.0 Å². The summed E-state index contributed by atoms with van der Waals surface area (Å²) in [6.07, 6.45) is 1.87. The monoisotopic (exact) mass is 279 g/mol. The molecule has 1 N–H and O–H groups in total. The van der Waals surface area contributed by atoms with Crippen LogP contribution >= 0.6 is 0 Å². The highest BCUT2D eigenvalue weighted by Crippen LogP contribution is 2.33. The number of aliphatic imine (C=N–C) groups is 1. The Kier molecular flexibility index (Phi) is 3.28. The van der Waals surface area contributed by atoms with Gasteiger partial charge in [0.05, 0.1) is 5.69 Å². The second kappa shape index (κ2) is 4.94. The molecule has 19 heavy (non-hydrogen) atoms. The van der Waals surface area contributed by atoms with Crippen molar-refractivity contribution >= 4 is 20.7 Å². The summed E-state index contributed by atoms with van der Waals surface area (Å²) in [5, 5.41) is 3.55. The first-order valence-corrected chi connectivity index (χ1v) is 8.06. The largest absolute Gasteiger partial charge is 0.347 e.